The van der Waals surface area contributed by atoms with Crippen molar-refractivity contribution < 1.29 is 65.1 Å². The summed E-state index contributed by atoms with van der Waals surface area (Å²) in [6.07, 6.45) is -6.50. The van der Waals surface area contributed by atoms with E-state index in [9.17, 15) is 65.1 Å². The largest absolute Gasteiger partial charge is 0.498 e. The standard InChI is InChI=1S/C16H9F11O4S2/c17-8-9(18)11(20)14(12(21)10(8)19,6-7-4-2-1-3-5-7)13(32(28,29)15(22,23)24)33(30,31)16(25,26)27/h1-5,11,13H,6H2. The molecule has 0 heterocycles. The third kappa shape index (κ3) is 4.13. The van der Waals surface area contributed by atoms with Crippen molar-refractivity contribution in [2.24, 2.45) is 5.41 Å². The van der Waals surface area contributed by atoms with E-state index in [2.05, 4.69) is 0 Å². The highest BCUT2D eigenvalue weighted by Crippen LogP contribution is 2.57. The minimum absolute atomic E-state index is 0.726. The smallest absolute Gasteiger partial charge is 0.238 e. The Balaban J connectivity index is 3.14. The fourth-order valence-corrected chi connectivity index (χ4v) is 7.42. The number of hydrogen-bond donors (Lipinski definition) is 0. The second-order valence-corrected chi connectivity index (χ2v) is 11.0. The van der Waals surface area contributed by atoms with Gasteiger partial charge in [0, 0.05) is 0 Å². The van der Waals surface area contributed by atoms with Crippen molar-refractivity contribution in [3.05, 3.63) is 59.2 Å². The molecule has 2 unspecified atom stereocenters. The Bertz CT molecular complexity index is 1160. The number of halogens is 11. The van der Waals surface area contributed by atoms with Crippen molar-refractivity contribution >= 4 is 19.7 Å². The van der Waals surface area contributed by atoms with E-state index in [1.807, 2.05) is 0 Å². The molecule has 4 nitrogen and oxygen atoms in total. The van der Waals surface area contributed by atoms with E-state index in [0.717, 1.165) is 30.3 Å². The van der Waals surface area contributed by atoms with Gasteiger partial charge in [0.25, 0.3) is 19.7 Å². The lowest BCUT2D eigenvalue weighted by Crippen LogP contribution is -2.59. The molecular formula is C16H9F11O4S2. The third-order valence-electron chi connectivity index (χ3n) is 4.65. The summed E-state index contributed by atoms with van der Waals surface area (Å²) in [7, 11) is -15.6. The summed E-state index contributed by atoms with van der Waals surface area (Å²) in [5.41, 5.74) is -19.5. The van der Waals surface area contributed by atoms with Gasteiger partial charge in [-0.25, -0.2) is 38.8 Å². The highest BCUT2D eigenvalue weighted by Gasteiger charge is 2.74. The van der Waals surface area contributed by atoms with Crippen LogP contribution in [0.1, 0.15) is 5.56 Å². The maximum Gasteiger partial charge on any atom is 0.498 e. The zero-order valence-electron chi connectivity index (χ0n) is 15.4. The molecule has 0 saturated heterocycles. The van der Waals surface area contributed by atoms with Crippen LogP contribution in [0.2, 0.25) is 0 Å². The van der Waals surface area contributed by atoms with Crippen LogP contribution in [-0.4, -0.2) is 38.6 Å². The summed E-state index contributed by atoms with van der Waals surface area (Å²) in [6.45, 7) is 0. The first-order valence-electron chi connectivity index (χ1n) is 8.14. The second-order valence-electron chi connectivity index (χ2n) is 6.67. The SMILES string of the molecule is O=S(=O)(C(C1(Cc2ccccc2)C(F)=C(F)C(F)=C(F)C1F)S(=O)(=O)C(F)(F)F)C(F)(F)F. The molecule has 0 aliphatic heterocycles. The van der Waals surface area contributed by atoms with Gasteiger partial charge in [-0.3, -0.25) is 0 Å². The number of benzene rings is 1. The first-order chi connectivity index (χ1) is 14.7. The predicted molar refractivity (Wildman–Crippen MR) is 89.7 cm³/mol. The van der Waals surface area contributed by atoms with Gasteiger partial charge < -0.3 is 0 Å². The van der Waals surface area contributed by atoms with Gasteiger partial charge in [-0.05, 0) is 12.0 Å². The number of alkyl halides is 7. The number of sulfone groups is 2. The molecule has 0 fully saturated rings. The Morgan fingerprint density at radius 2 is 1.21 bits per heavy atom. The highest BCUT2D eigenvalue weighted by molar-refractivity contribution is 8.09. The third-order valence-corrected chi connectivity index (χ3v) is 9.43. The normalized spacial score (nSPS) is 23.5. The maximum atomic E-state index is 15.0. The van der Waals surface area contributed by atoms with Crippen LogP contribution >= 0.6 is 0 Å². The molecule has 1 aliphatic carbocycles. The molecule has 0 saturated carbocycles. The highest BCUT2D eigenvalue weighted by atomic mass is 32.3. The minimum atomic E-state index is -7.79. The van der Waals surface area contributed by atoms with Crippen LogP contribution < -0.4 is 0 Å². The lowest BCUT2D eigenvalue weighted by atomic mass is 9.74. The molecule has 2 rings (SSSR count). The minimum Gasteiger partial charge on any atom is -0.238 e. The van der Waals surface area contributed by atoms with Crippen LogP contribution in [0.15, 0.2) is 53.6 Å². The van der Waals surface area contributed by atoms with Gasteiger partial charge in [0.05, 0.1) is 5.41 Å². The van der Waals surface area contributed by atoms with Crippen LogP contribution in [0.4, 0.5) is 48.3 Å². The summed E-state index contributed by atoms with van der Waals surface area (Å²) < 4.78 is 194. The Labute approximate surface area is 178 Å². The summed E-state index contributed by atoms with van der Waals surface area (Å²) in [5.74, 6) is -12.7. The Kier molecular flexibility index (Phi) is 6.77. The van der Waals surface area contributed by atoms with Crippen molar-refractivity contribution in [2.45, 2.75) is 28.2 Å². The van der Waals surface area contributed by atoms with E-state index in [-0.39, 0.29) is 0 Å². The van der Waals surface area contributed by atoms with Crippen molar-refractivity contribution in [1.82, 2.24) is 0 Å². The zero-order chi connectivity index (χ0) is 25.8. The summed E-state index contributed by atoms with van der Waals surface area (Å²) in [6, 6.07) is 4.55. The summed E-state index contributed by atoms with van der Waals surface area (Å²) in [5, 5.41) is 0. The van der Waals surface area contributed by atoms with Crippen LogP contribution in [0, 0.1) is 5.41 Å². The first-order valence-corrected chi connectivity index (χ1v) is 11.2. The van der Waals surface area contributed by atoms with E-state index in [0.29, 0.717) is 0 Å². The van der Waals surface area contributed by atoms with E-state index >= 15 is 0 Å². The molecule has 0 spiro atoms. The molecular weight excluding hydrogens is 529 g/mol. The van der Waals surface area contributed by atoms with Crippen LogP contribution in [-0.2, 0) is 26.1 Å². The fraction of sp³-hybridized carbons (Fsp3) is 0.375. The van der Waals surface area contributed by atoms with E-state index in [1.165, 1.54) is 0 Å². The summed E-state index contributed by atoms with van der Waals surface area (Å²) >= 11 is 0. The molecule has 0 N–H and O–H groups in total. The Hall–Kier alpha value is -2.17. The zero-order valence-corrected chi connectivity index (χ0v) is 17.0. The lowest BCUT2D eigenvalue weighted by Gasteiger charge is -2.42. The molecule has 17 heteroatoms. The number of hydrogen-bond acceptors (Lipinski definition) is 4. The van der Waals surface area contributed by atoms with Crippen molar-refractivity contribution in [1.29, 1.82) is 0 Å². The van der Waals surface area contributed by atoms with Crippen molar-refractivity contribution in [2.75, 3.05) is 0 Å². The van der Waals surface area contributed by atoms with Gasteiger partial charge in [-0.1, -0.05) is 30.3 Å². The second kappa shape index (κ2) is 8.25. The fourth-order valence-electron chi connectivity index (χ4n) is 3.22. The van der Waals surface area contributed by atoms with Gasteiger partial charge in [0.1, 0.15) is 0 Å². The van der Waals surface area contributed by atoms with Crippen molar-refractivity contribution in [3.8, 4) is 0 Å². The molecule has 2 atom stereocenters. The average Bonchev–Trinajstić information content (AvgIpc) is 2.68. The summed E-state index contributed by atoms with van der Waals surface area (Å²) in [4.78, 5) is 0. The van der Waals surface area contributed by atoms with Gasteiger partial charge in [0.2, 0.25) is 0 Å². The number of rotatable bonds is 5. The molecule has 0 bridgehead atoms. The van der Waals surface area contributed by atoms with Gasteiger partial charge in [-0.15, -0.1) is 0 Å². The number of allylic oxidation sites excluding steroid dienone is 4. The van der Waals surface area contributed by atoms with Crippen LogP contribution in [0.5, 0.6) is 0 Å². The Morgan fingerprint density at radius 3 is 1.61 bits per heavy atom. The van der Waals surface area contributed by atoms with Gasteiger partial charge in [0.15, 0.2) is 34.1 Å². The van der Waals surface area contributed by atoms with Crippen LogP contribution in [0.3, 0.4) is 0 Å². The van der Waals surface area contributed by atoms with Gasteiger partial charge in [-0.2, -0.15) is 26.3 Å². The molecule has 0 amide bonds. The molecule has 1 aromatic carbocycles. The Morgan fingerprint density at radius 1 is 0.788 bits per heavy atom. The monoisotopic (exact) mass is 538 g/mol. The molecule has 186 valence electrons. The first kappa shape index (κ1) is 27.1. The molecule has 33 heavy (non-hydrogen) atoms. The van der Waals surface area contributed by atoms with Crippen LogP contribution in [0.25, 0.3) is 0 Å². The molecule has 1 aromatic rings. The average molecular weight is 538 g/mol. The topological polar surface area (TPSA) is 68.3 Å². The molecule has 0 aromatic heterocycles. The lowest BCUT2D eigenvalue weighted by molar-refractivity contribution is -0.0504. The molecule has 1 aliphatic rings. The van der Waals surface area contributed by atoms with E-state index in [1.54, 1.807) is 0 Å². The van der Waals surface area contributed by atoms with Crippen molar-refractivity contribution in [3.63, 3.8) is 0 Å². The maximum absolute atomic E-state index is 15.0. The van der Waals surface area contributed by atoms with Gasteiger partial charge >= 0.3 is 11.0 Å². The predicted octanol–water partition coefficient (Wildman–Crippen LogP) is 5.06. The quantitative estimate of drug-likeness (QED) is 0.492. The molecule has 0 radical (unpaired) electrons. The van der Waals surface area contributed by atoms with E-state index < -0.39 is 82.2 Å². The van der Waals surface area contributed by atoms with E-state index in [4.69, 9.17) is 0 Å².